The predicted octanol–water partition coefficient (Wildman–Crippen LogP) is 3.15. The van der Waals surface area contributed by atoms with Gasteiger partial charge in [0.1, 0.15) is 5.75 Å². The number of nitrogens with zero attached hydrogens (tertiary/aromatic N) is 2. The molecule has 0 fully saturated rings. The number of aromatic nitrogens is 2. The molecule has 0 bridgehead atoms. The van der Waals surface area contributed by atoms with Crippen LogP contribution in [0.1, 0.15) is 42.6 Å². The third-order valence-electron chi connectivity index (χ3n) is 3.58. The summed E-state index contributed by atoms with van der Waals surface area (Å²) in [7, 11) is 3.65. The quantitative estimate of drug-likeness (QED) is 0.909. The molecule has 20 heavy (non-hydrogen) atoms. The van der Waals surface area contributed by atoms with Gasteiger partial charge in [-0.15, -0.1) is 0 Å². The van der Waals surface area contributed by atoms with Gasteiger partial charge in [0.25, 0.3) is 0 Å². The van der Waals surface area contributed by atoms with Gasteiger partial charge in [0, 0.05) is 36.5 Å². The Morgan fingerprint density at radius 2 is 2.00 bits per heavy atom. The fourth-order valence-electron chi connectivity index (χ4n) is 2.42. The molecule has 1 heterocycles. The van der Waals surface area contributed by atoms with E-state index in [-0.39, 0.29) is 12.1 Å². The molecule has 0 saturated heterocycles. The van der Waals surface area contributed by atoms with Crippen molar-refractivity contribution >= 4 is 0 Å². The second kappa shape index (κ2) is 6.09. The van der Waals surface area contributed by atoms with E-state index in [4.69, 9.17) is 4.74 Å². The summed E-state index contributed by atoms with van der Waals surface area (Å²) >= 11 is 0. The molecule has 1 aromatic carbocycles. The smallest absolute Gasteiger partial charge is 0.123 e. The number of methoxy groups -OCH3 is 1. The van der Waals surface area contributed by atoms with E-state index in [9.17, 15) is 0 Å². The standard InChI is InChI=1S/C16H23N3O/c1-11-6-7-16(20-5)15(8-11)13(3)18-12(2)14-9-17-19(4)10-14/h6-10,12-13,18H,1-5H3. The van der Waals surface area contributed by atoms with Crippen LogP contribution in [0.2, 0.25) is 0 Å². The lowest BCUT2D eigenvalue weighted by molar-refractivity contribution is 0.396. The van der Waals surface area contributed by atoms with E-state index in [0.717, 1.165) is 5.75 Å². The second-order valence-electron chi connectivity index (χ2n) is 5.30. The van der Waals surface area contributed by atoms with Crippen LogP contribution < -0.4 is 10.1 Å². The highest BCUT2D eigenvalue weighted by atomic mass is 16.5. The Balaban J connectivity index is 2.15. The Morgan fingerprint density at radius 3 is 2.60 bits per heavy atom. The van der Waals surface area contributed by atoms with Crippen molar-refractivity contribution in [3.63, 3.8) is 0 Å². The van der Waals surface area contributed by atoms with Crippen LogP contribution in [-0.4, -0.2) is 16.9 Å². The Kier molecular flexibility index (Phi) is 4.45. The van der Waals surface area contributed by atoms with E-state index >= 15 is 0 Å². The summed E-state index contributed by atoms with van der Waals surface area (Å²) < 4.78 is 7.28. The van der Waals surface area contributed by atoms with E-state index in [0.29, 0.717) is 0 Å². The molecule has 2 atom stereocenters. The highest BCUT2D eigenvalue weighted by molar-refractivity contribution is 5.39. The summed E-state index contributed by atoms with van der Waals surface area (Å²) in [4.78, 5) is 0. The van der Waals surface area contributed by atoms with Crippen LogP contribution in [-0.2, 0) is 7.05 Å². The highest BCUT2D eigenvalue weighted by Crippen LogP contribution is 2.28. The van der Waals surface area contributed by atoms with Crippen molar-refractivity contribution in [2.24, 2.45) is 7.05 Å². The summed E-state index contributed by atoms with van der Waals surface area (Å²) in [6.07, 6.45) is 3.94. The van der Waals surface area contributed by atoms with Gasteiger partial charge >= 0.3 is 0 Å². The third kappa shape index (κ3) is 3.20. The average molecular weight is 273 g/mol. The summed E-state index contributed by atoms with van der Waals surface area (Å²) in [5.74, 6) is 0.925. The minimum absolute atomic E-state index is 0.208. The zero-order valence-corrected chi connectivity index (χ0v) is 12.8. The molecule has 0 radical (unpaired) electrons. The van der Waals surface area contributed by atoms with Crippen LogP contribution in [0, 0.1) is 6.92 Å². The van der Waals surface area contributed by atoms with Crippen LogP contribution >= 0.6 is 0 Å². The van der Waals surface area contributed by atoms with Gasteiger partial charge in [0.2, 0.25) is 0 Å². The minimum atomic E-state index is 0.208. The van der Waals surface area contributed by atoms with Crippen molar-refractivity contribution in [2.75, 3.05) is 7.11 Å². The van der Waals surface area contributed by atoms with Crippen molar-refractivity contribution < 1.29 is 4.74 Å². The highest BCUT2D eigenvalue weighted by Gasteiger charge is 2.15. The maximum atomic E-state index is 5.46. The number of hydrogen-bond acceptors (Lipinski definition) is 3. The van der Waals surface area contributed by atoms with E-state index in [1.807, 2.05) is 30.2 Å². The Labute approximate surface area is 120 Å². The molecule has 0 spiro atoms. The molecule has 4 heteroatoms. The van der Waals surface area contributed by atoms with Crippen LogP contribution in [0.4, 0.5) is 0 Å². The molecule has 2 aromatic rings. The van der Waals surface area contributed by atoms with Gasteiger partial charge in [-0.3, -0.25) is 4.68 Å². The lowest BCUT2D eigenvalue weighted by Gasteiger charge is -2.21. The van der Waals surface area contributed by atoms with E-state index in [1.54, 1.807) is 7.11 Å². The van der Waals surface area contributed by atoms with Crippen LogP contribution in [0.5, 0.6) is 5.75 Å². The maximum absolute atomic E-state index is 5.46. The first-order valence-electron chi connectivity index (χ1n) is 6.90. The zero-order chi connectivity index (χ0) is 14.7. The number of aryl methyl sites for hydroxylation is 2. The lowest BCUT2D eigenvalue weighted by atomic mass is 10.0. The summed E-state index contributed by atoms with van der Waals surface area (Å²) in [6.45, 7) is 6.40. The average Bonchev–Trinajstić information content (AvgIpc) is 2.85. The number of ether oxygens (including phenoxy) is 1. The molecule has 1 N–H and O–H groups in total. The molecule has 0 aliphatic rings. The Bertz CT molecular complexity index is 577. The van der Waals surface area contributed by atoms with Crippen LogP contribution in [0.15, 0.2) is 30.6 Å². The fourth-order valence-corrected chi connectivity index (χ4v) is 2.42. The van der Waals surface area contributed by atoms with Crippen molar-refractivity contribution in [2.45, 2.75) is 32.9 Å². The first-order chi connectivity index (χ1) is 9.51. The number of rotatable bonds is 5. The van der Waals surface area contributed by atoms with Crippen molar-refractivity contribution in [3.05, 3.63) is 47.3 Å². The summed E-state index contributed by atoms with van der Waals surface area (Å²) in [5.41, 5.74) is 3.61. The SMILES string of the molecule is COc1ccc(C)cc1C(C)NC(C)c1cnn(C)c1. The molecular weight excluding hydrogens is 250 g/mol. The summed E-state index contributed by atoms with van der Waals surface area (Å²) in [5, 5.41) is 7.81. The van der Waals surface area contributed by atoms with E-state index in [1.165, 1.54) is 16.7 Å². The maximum Gasteiger partial charge on any atom is 0.123 e. The first-order valence-corrected chi connectivity index (χ1v) is 6.90. The van der Waals surface area contributed by atoms with Crippen LogP contribution in [0.3, 0.4) is 0 Å². The molecule has 4 nitrogen and oxygen atoms in total. The minimum Gasteiger partial charge on any atom is -0.496 e. The molecule has 0 aliphatic carbocycles. The third-order valence-corrected chi connectivity index (χ3v) is 3.58. The van der Waals surface area contributed by atoms with Gasteiger partial charge < -0.3 is 10.1 Å². The molecule has 0 aliphatic heterocycles. The zero-order valence-electron chi connectivity index (χ0n) is 12.8. The number of nitrogens with one attached hydrogen (secondary N) is 1. The Morgan fingerprint density at radius 1 is 1.25 bits per heavy atom. The van der Waals surface area contributed by atoms with Crippen molar-refractivity contribution in [3.8, 4) is 5.75 Å². The molecule has 2 unspecified atom stereocenters. The first kappa shape index (κ1) is 14.6. The lowest BCUT2D eigenvalue weighted by Crippen LogP contribution is -2.22. The summed E-state index contributed by atoms with van der Waals surface area (Å²) in [6, 6.07) is 6.72. The molecule has 108 valence electrons. The van der Waals surface area contributed by atoms with E-state index in [2.05, 4.69) is 43.3 Å². The van der Waals surface area contributed by atoms with Gasteiger partial charge in [0.15, 0.2) is 0 Å². The molecule has 0 saturated carbocycles. The number of benzene rings is 1. The van der Waals surface area contributed by atoms with Gasteiger partial charge in [-0.2, -0.15) is 5.10 Å². The topological polar surface area (TPSA) is 39.1 Å². The number of hydrogen-bond donors (Lipinski definition) is 1. The van der Waals surface area contributed by atoms with E-state index < -0.39 is 0 Å². The van der Waals surface area contributed by atoms with Gasteiger partial charge in [-0.25, -0.2) is 0 Å². The molecule has 0 amide bonds. The largest absolute Gasteiger partial charge is 0.496 e. The fraction of sp³-hybridized carbons (Fsp3) is 0.438. The molecular formula is C16H23N3O. The monoisotopic (exact) mass is 273 g/mol. The van der Waals surface area contributed by atoms with Gasteiger partial charge in [-0.1, -0.05) is 17.7 Å². The van der Waals surface area contributed by atoms with Crippen molar-refractivity contribution in [1.82, 2.24) is 15.1 Å². The Hall–Kier alpha value is -1.81. The molecule has 1 aromatic heterocycles. The van der Waals surface area contributed by atoms with Gasteiger partial charge in [0.05, 0.1) is 13.3 Å². The van der Waals surface area contributed by atoms with Crippen molar-refractivity contribution in [1.29, 1.82) is 0 Å². The normalized spacial score (nSPS) is 14.1. The predicted molar refractivity (Wildman–Crippen MR) is 80.9 cm³/mol. The second-order valence-corrected chi connectivity index (χ2v) is 5.30. The molecule has 2 rings (SSSR count). The van der Waals surface area contributed by atoms with Crippen LogP contribution in [0.25, 0.3) is 0 Å². The van der Waals surface area contributed by atoms with Gasteiger partial charge in [-0.05, 0) is 26.8 Å².